The highest BCUT2D eigenvalue weighted by atomic mass is 19.4. The van der Waals surface area contributed by atoms with Gasteiger partial charge < -0.3 is 14.9 Å². The number of rotatable bonds is 5. The van der Waals surface area contributed by atoms with Gasteiger partial charge in [-0.2, -0.15) is 13.2 Å². The quantitative estimate of drug-likeness (QED) is 0.876. The summed E-state index contributed by atoms with van der Waals surface area (Å²) in [6.45, 7) is 2.23. The zero-order chi connectivity index (χ0) is 18.0. The molecule has 0 fully saturated rings. The highest BCUT2D eigenvalue weighted by Crippen LogP contribution is 2.38. The Hall–Kier alpha value is -2.35. The summed E-state index contributed by atoms with van der Waals surface area (Å²) in [5, 5.41) is 16.0. The molecule has 2 aromatic rings. The van der Waals surface area contributed by atoms with Gasteiger partial charge >= 0.3 is 6.18 Å². The maximum absolute atomic E-state index is 13.4. The number of aryl methyl sites for hydroxylation is 2. The molecule has 1 amide bonds. The molecule has 130 valence electrons. The van der Waals surface area contributed by atoms with Gasteiger partial charge in [0.15, 0.2) is 0 Å². The van der Waals surface area contributed by atoms with E-state index in [0.717, 1.165) is 12.1 Å². The molecule has 1 atom stereocenters. The number of nitrogens with one attached hydrogen (secondary N) is 1. The van der Waals surface area contributed by atoms with Crippen molar-refractivity contribution in [2.45, 2.75) is 32.0 Å². The topological polar surface area (TPSA) is 75.4 Å². The van der Waals surface area contributed by atoms with Crippen molar-refractivity contribution in [2.24, 2.45) is 0 Å². The van der Waals surface area contributed by atoms with Gasteiger partial charge in [-0.05, 0) is 12.5 Å². The molecular formula is C16H17F3N2O3. The number of aromatic nitrogens is 1. The van der Waals surface area contributed by atoms with E-state index in [1.54, 1.807) is 6.92 Å². The number of hydrogen-bond acceptors (Lipinski definition) is 4. The number of nitrogens with zero attached hydrogens (tertiary/aromatic N) is 1. The number of alkyl halides is 3. The van der Waals surface area contributed by atoms with E-state index in [2.05, 4.69) is 10.5 Å². The van der Waals surface area contributed by atoms with Crippen LogP contribution in [-0.2, 0) is 12.0 Å². The summed E-state index contributed by atoms with van der Waals surface area (Å²) < 4.78 is 45.1. The lowest BCUT2D eigenvalue weighted by molar-refractivity contribution is -0.263. The Morgan fingerprint density at radius 3 is 2.46 bits per heavy atom. The van der Waals surface area contributed by atoms with E-state index < -0.39 is 24.2 Å². The molecule has 8 heteroatoms. The number of amides is 1. The molecule has 5 nitrogen and oxygen atoms in total. The Morgan fingerprint density at radius 2 is 1.92 bits per heavy atom. The second-order valence-electron chi connectivity index (χ2n) is 5.33. The fraction of sp³-hybridized carbons (Fsp3) is 0.375. The van der Waals surface area contributed by atoms with Gasteiger partial charge in [-0.25, -0.2) is 0 Å². The van der Waals surface area contributed by atoms with E-state index >= 15 is 0 Å². The van der Waals surface area contributed by atoms with Crippen LogP contribution in [0.5, 0.6) is 0 Å². The van der Waals surface area contributed by atoms with Crippen molar-refractivity contribution in [3.63, 3.8) is 0 Å². The predicted molar refractivity (Wildman–Crippen MR) is 79.3 cm³/mol. The van der Waals surface area contributed by atoms with Gasteiger partial charge in [0.05, 0.1) is 12.2 Å². The van der Waals surface area contributed by atoms with Gasteiger partial charge in [-0.1, -0.05) is 42.4 Å². The van der Waals surface area contributed by atoms with E-state index in [1.165, 1.54) is 25.1 Å². The summed E-state index contributed by atoms with van der Waals surface area (Å²) in [5.74, 6) is -0.496. The van der Waals surface area contributed by atoms with E-state index in [9.17, 15) is 23.1 Å². The lowest BCUT2D eigenvalue weighted by atomic mass is 9.93. The van der Waals surface area contributed by atoms with Crippen LogP contribution in [-0.4, -0.2) is 28.9 Å². The van der Waals surface area contributed by atoms with Gasteiger partial charge in [-0.3, -0.25) is 4.79 Å². The molecule has 2 rings (SSSR count). The zero-order valence-electron chi connectivity index (χ0n) is 13.1. The molecule has 24 heavy (non-hydrogen) atoms. The van der Waals surface area contributed by atoms with Crippen molar-refractivity contribution < 1.29 is 27.6 Å². The molecule has 1 aromatic carbocycles. The van der Waals surface area contributed by atoms with Gasteiger partial charge in [-0.15, -0.1) is 0 Å². The van der Waals surface area contributed by atoms with Crippen LogP contribution in [0.25, 0.3) is 0 Å². The second kappa shape index (κ2) is 6.64. The van der Waals surface area contributed by atoms with Crippen LogP contribution in [0.3, 0.4) is 0 Å². The van der Waals surface area contributed by atoms with Crippen LogP contribution in [0.4, 0.5) is 13.2 Å². The first-order valence-corrected chi connectivity index (χ1v) is 7.28. The van der Waals surface area contributed by atoms with Crippen LogP contribution in [0.2, 0.25) is 0 Å². The standard InChI is InChI=1S/C16H17F3N2O3/c1-3-12-13(10(2)21-24-12)14(22)20-9-15(23,16(17,18)19)11-7-5-4-6-8-11/h4-8,23H,3,9H2,1-2H3,(H,20,22)/t15-/m1/s1. The number of carbonyl (C=O) groups excluding carboxylic acids is 1. The largest absolute Gasteiger partial charge is 0.423 e. The number of hydrogen-bond donors (Lipinski definition) is 2. The third-order valence-electron chi connectivity index (χ3n) is 3.71. The fourth-order valence-electron chi connectivity index (χ4n) is 2.33. The van der Waals surface area contributed by atoms with Gasteiger partial charge in [0.2, 0.25) is 5.60 Å². The highest BCUT2D eigenvalue weighted by Gasteiger charge is 2.55. The zero-order valence-corrected chi connectivity index (χ0v) is 13.1. The van der Waals surface area contributed by atoms with E-state index in [1.807, 2.05) is 0 Å². The SMILES string of the molecule is CCc1onc(C)c1C(=O)NC[C@@](O)(c1ccccc1)C(F)(F)F. The summed E-state index contributed by atoms with van der Waals surface area (Å²) in [4.78, 5) is 12.2. The average Bonchev–Trinajstić information content (AvgIpc) is 2.93. The molecule has 0 aliphatic heterocycles. The van der Waals surface area contributed by atoms with Crippen molar-refractivity contribution in [3.8, 4) is 0 Å². The number of aliphatic hydroxyl groups is 1. The van der Waals surface area contributed by atoms with Crippen molar-refractivity contribution >= 4 is 5.91 Å². The van der Waals surface area contributed by atoms with E-state index in [0.29, 0.717) is 6.42 Å². The van der Waals surface area contributed by atoms with Crippen LogP contribution in [0.1, 0.15) is 34.3 Å². The molecule has 1 aromatic heterocycles. The molecule has 0 aliphatic rings. The molecule has 0 spiro atoms. The fourth-order valence-corrected chi connectivity index (χ4v) is 2.33. The summed E-state index contributed by atoms with van der Waals surface area (Å²) in [7, 11) is 0. The number of carbonyl (C=O) groups is 1. The Labute approximate surface area is 136 Å². The van der Waals surface area contributed by atoms with Gasteiger partial charge in [0.1, 0.15) is 11.3 Å². The first kappa shape index (κ1) is 18.0. The molecule has 0 saturated heterocycles. The molecule has 0 bridgehead atoms. The first-order valence-electron chi connectivity index (χ1n) is 7.28. The molecule has 2 N–H and O–H groups in total. The van der Waals surface area contributed by atoms with E-state index in [-0.39, 0.29) is 22.6 Å². The Bertz CT molecular complexity index is 713. The monoisotopic (exact) mass is 342 g/mol. The van der Waals surface area contributed by atoms with Crippen LogP contribution in [0.15, 0.2) is 34.9 Å². The first-order chi connectivity index (χ1) is 11.2. The minimum atomic E-state index is -4.96. The van der Waals surface area contributed by atoms with Crippen LogP contribution < -0.4 is 5.32 Å². The maximum atomic E-state index is 13.4. The minimum Gasteiger partial charge on any atom is -0.375 e. The minimum absolute atomic E-state index is 0.0927. The molecule has 0 aliphatic carbocycles. The molecule has 0 radical (unpaired) electrons. The molecule has 1 heterocycles. The lowest BCUT2D eigenvalue weighted by Crippen LogP contribution is -2.51. The Balaban J connectivity index is 2.26. The summed E-state index contributed by atoms with van der Waals surface area (Å²) in [6, 6.07) is 6.61. The normalized spacial score (nSPS) is 14.2. The van der Waals surface area contributed by atoms with E-state index in [4.69, 9.17) is 4.52 Å². The van der Waals surface area contributed by atoms with Crippen molar-refractivity contribution in [1.82, 2.24) is 10.5 Å². The summed E-state index contributed by atoms with van der Waals surface area (Å²) >= 11 is 0. The third kappa shape index (κ3) is 3.28. The highest BCUT2D eigenvalue weighted by molar-refractivity contribution is 5.96. The van der Waals surface area contributed by atoms with Gasteiger partial charge in [0, 0.05) is 6.42 Å². The van der Waals surface area contributed by atoms with Crippen molar-refractivity contribution in [1.29, 1.82) is 0 Å². The van der Waals surface area contributed by atoms with Crippen LogP contribution >= 0.6 is 0 Å². The molecule has 0 saturated carbocycles. The number of benzene rings is 1. The smallest absolute Gasteiger partial charge is 0.375 e. The molecule has 0 unspecified atom stereocenters. The Morgan fingerprint density at radius 1 is 1.29 bits per heavy atom. The average molecular weight is 342 g/mol. The second-order valence-corrected chi connectivity index (χ2v) is 5.33. The Kier molecular flexibility index (Phi) is 4.98. The third-order valence-corrected chi connectivity index (χ3v) is 3.71. The molecular weight excluding hydrogens is 325 g/mol. The summed E-state index contributed by atoms with van der Waals surface area (Å²) in [6.07, 6.45) is -4.59. The van der Waals surface area contributed by atoms with Crippen LogP contribution in [0, 0.1) is 6.92 Å². The number of halogens is 3. The van der Waals surface area contributed by atoms with Crippen molar-refractivity contribution in [3.05, 3.63) is 52.9 Å². The maximum Gasteiger partial charge on any atom is 0.423 e. The lowest BCUT2D eigenvalue weighted by Gasteiger charge is -2.31. The predicted octanol–water partition coefficient (Wildman–Crippen LogP) is 2.73. The summed E-state index contributed by atoms with van der Waals surface area (Å²) in [5.41, 5.74) is -3.17. The van der Waals surface area contributed by atoms with Gasteiger partial charge in [0.25, 0.3) is 5.91 Å². The van der Waals surface area contributed by atoms with Crippen molar-refractivity contribution in [2.75, 3.05) is 6.54 Å².